The molecule has 0 aromatic heterocycles. The van der Waals surface area contributed by atoms with Crippen molar-refractivity contribution in [3.05, 3.63) is 39.9 Å². The van der Waals surface area contributed by atoms with Gasteiger partial charge in [-0.05, 0) is 42.7 Å². The van der Waals surface area contributed by atoms with Gasteiger partial charge >= 0.3 is 0 Å². The van der Waals surface area contributed by atoms with Gasteiger partial charge in [-0.1, -0.05) is 0 Å². The molecule has 1 heterocycles. The number of hydrogen-bond acceptors (Lipinski definition) is 4. The van der Waals surface area contributed by atoms with Crippen molar-refractivity contribution in [1.29, 1.82) is 0 Å². The van der Waals surface area contributed by atoms with Crippen LogP contribution in [0.2, 0.25) is 0 Å². The molecule has 1 aliphatic heterocycles. The largest absolute Gasteiger partial charge is 0.369 e. The first-order valence-corrected chi connectivity index (χ1v) is 7.31. The number of fused-ring (bicyclic) bond motifs is 5. The van der Waals surface area contributed by atoms with Crippen molar-refractivity contribution in [2.24, 2.45) is 17.8 Å². The molecule has 4 rings (SSSR count). The fourth-order valence-electron chi connectivity index (χ4n) is 4.03. The number of carbonyl (C=O) groups excluding carboxylic acids is 1. The Labute approximate surface area is 121 Å². The minimum absolute atomic E-state index is 0.00317. The Morgan fingerprint density at radius 3 is 2.67 bits per heavy atom. The van der Waals surface area contributed by atoms with Crippen LogP contribution in [0.15, 0.2) is 24.3 Å². The standard InChI is InChI=1S/C15H16N2O4/c18-15(8-1-3-11(4-2-8)17(19)20)16-7-10-5-9-6-12(10)14-13(9)21-14/h1-4,9-10,12-14H,5-7H2,(H,16,18). The Morgan fingerprint density at radius 2 is 2.05 bits per heavy atom. The van der Waals surface area contributed by atoms with Gasteiger partial charge in [-0.3, -0.25) is 14.9 Å². The van der Waals surface area contributed by atoms with Crippen LogP contribution in [-0.2, 0) is 4.74 Å². The van der Waals surface area contributed by atoms with Crippen LogP contribution in [0.4, 0.5) is 5.69 Å². The lowest BCUT2D eigenvalue weighted by molar-refractivity contribution is -0.384. The van der Waals surface area contributed by atoms with Crippen molar-refractivity contribution < 1.29 is 14.5 Å². The van der Waals surface area contributed by atoms with Crippen LogP contribution >= 0.6 is 0 Å². The summed E-state index contributed by atoms with van der Waals surface area (Å²) in [6.07, 6.45) is 3.35. The Morgan fingerprint density at radius 1 is 1.29 bits per heavy atom. The van der Waals surface area contributed by atoms with Gasteiger partial charge in [0.1, 0.15) is 0 Å². The van der Waals surface area contributed by atoms with Gasteiger partial charge in [0.15, 0.2) is 0 Å². The fraction of sp³-hybridized carbons (Fsp3) is 0.533. The SMILES string of the molecule is O=C(NCC1CC2CC1C1OC21)c1ccc([N+](=O)[O-])cc1. The predicted octanol–water partition coefficient (Wildman–Crippen LogP) is 1.75. The molecule has 0 spiro atoms. The normalized spacial score (nSPS) is 35.3. The number of benzene rings is 1. The zero-order chi connectivity index (χ0) is 14.6. The Hall–Kier alpha value is -1.95. The van der Waals surface area contributed by atoms with E-state index in [2.05, 4.69) is 5.32 Å². The molecule has 1 amide bonds. The van der Waals surface area contributed by atoms with E-state index in [-0.39, 0.29) is 11.6 Å². The van der Waals surface area contributed by atoms with Crippen LogP contribution in [0, 0.1) is 27.9 Å². The lowest BCUT2D eigenvalue weighted by Crippen LogP contribution is -2.33. The number of rotatable bonds is 4. The van der Waals surface area contributed by atoms with E-state index in [1.807, 2.05) is 0 Å². The molecule has 1 saturated heterocycles. The van der Waals surface area contributed by atoms with Crippen molar-refractivity contribution in [3.8, 4) is 0 Å². The summed E-state index contributed by atoms with van der Waals surface area (Å²) < 4.78 is 5.62. The summed E-state index contributed by atoms with van der Waals surface area (Å²) >= 11 is 0. The second-order valence-corrected chi connectivity index (χ2v) is 6.23. The van der Waals surface area contributed by atoms with Gasteiger partial charge in [0.05, 0.1) is 17.1 Å². The lowest BCUT2D eigenvalue weighted by Gasteiger charge is -2.19. The molecule has 2 aliphatic carbocycles. The number of nitro groups is 1. The second kappa shape index (κ2) is 4.53. The topological polar surface area (TPSA) is 84.8 Å². The van der Waals surface area contributed by atoms with Crippen molar-refractivity contribution in [3.63, 3.8) is 0 Å². The number of epoxide rings is 1. The number of amides is 1. The number of non-ortho nitro benzene ring substituents is 1. The third kappa shape index (κ3) is 2.10. The summed E-state index contributed by atoms with van der Waals surface area (Å²) in [5.41, 5.74) is 0.459. The molecule has 3 aliphatic rings. The summed E-state index contributed by atoms with van der Waals surface area (Å²) in [4.78, 5) is 22.2. The number of nitro benzene ring substituents is 1. The summed E-state index contributed by atoms with van der Waals surface area (Å²) in [5, 5.41) is 13.5. The highest BCUT2D eigenvalue weighted by molar-refractivity contribution is 5.94. The molecule has 5 atom stereocenters. The molecular formula is C15H16N2O4. The molecule has 0 radical (unpaired) electrons. The monoisotopic (exact) mass is 288 g/mol. The minimum Gasteiger partial charge on any atom is -0.369 e. The maximum atomic E-state index is 12.1. The molecule has 1 aromatic rings. The highest BCUT2D eigenvalue weighted by atomic mass is 16.6. The van der Waals surface area contributed by atoms with E-state index >= 15 is 0 Å². The molecule has 6 nitrogen and oxygen atoms in total. The van der Waals surface area contributed by atoms with Gasteiger partial charge in [0, 0.05) is 24.2 Å². The van der Waals surface area contributed by atoms with Crippen molar-refractivity contribution >= 4 is 11.6 Å². The number of nitrogens with one attached hydrogen (secondary N) is 1. The van der Waals surface area contributed by atoms with Crippen LogP contribution < -0.4 is 5.32 Å². The smallest absolute Gasteiger partial charge is 0.269 e. The average Bonchev–Trinajstić information content (AvgIpc) is 3.10. The second-order valence-electron chi connectivity index (χ2n) is 6.23. The van der Waals surface area contributed by atoms with Gasteiger partial charge in [-0.2, -0.15) is 0 Å². The van der Waals surface area contributed by atoms with E-state index in [0.29, 0.717) is 42.1 Å². The molecule has 2 bridgehead atoms. The molecule has 1 aromatic carbocycles. The molecule has 21 heavy (non-hydrogen) atoms. The third-order valence-electron chi connectivity index (χ3n) is 5.10. The number of carbonyl (C=O) groups is 1. The summed E-state index contributed by atoms with van der Waals surface area (Å²) in [7, 11) is 0. The highest BCUT2D eigenvalue weighted by Gasteiger charge is 2.62. The van der Waals surface area contributed by atoms with E-state index in [1.165, 1.54) is 30.7 Å². The first-order chi connectivity index (χ1) is 10.1. The van der Waals surface area contributed by atoms with E-state index < -0.39 is 4.92 Å². The van der Waals surface area contributed by atoms with E-state index in [9.17, 15) is 14.9 Å². The maximum Gasteiger partial charge on any atom is 0.269 e. The maximum absolute atomic E-state index is 12.1. The predicted molar refractivity (Wildman–Crippen MR) is 73.8 cm³/mol. The molecule has 1 N–H and O–H groups in total. The van der Waals surface area contributed by atoms with Crippen LogP contribution in [-0.4, -0.2) is 29.6 Å². The van der Waals surface area contributed by atoms with Crippen LogP contribution in [0.3, 0.4) is 0 Å². The van der Waals surface area contributed by atoms with Gasteiger partial charge in [0.25, 0.3) is 11.6 Å². The van der Waals surface area contributed by atoms with Gasteiger partial charge in [0.2, 0.25) is 0 Å². The quantitative estimate of drug-likeness (QED) is 0.519. The summed E-state index contributed by atoms with van der Waals surface area (Å²) in [6.45, 7) is 0.670. The average molecular weight is 288 g/mol. The van der Waals surface area contributed by atoms with Crippen LogP contribution in [0.25, 0.3) is 0 Å². The number of nitrogens with zero attached hydrogens (tertiary/aromatic N) is 1. The molecule has 2 saturated carbocycles. The Kier molecular flexibility index (Phi) is 2.75. The van der Waals surface area contributed by atoms with E-state index in [4.69, 9.17) is 4.74 Å². The van der Waals surface area contributed by atoms with Crippen LogP contribution in [0.1, 0.15) is 23.2 Å². The molecule has 110 valence electrons. The molecular weight excluding hydrogens is 272 g/mol. The van der Waals surface area contributed by atoms with Crippen LogP contribution in [0.5, 0.6) is 0 Å². The molecule has 3 fully saturated rings. The van der Waals surface area contributed by atoms with Crippen molar-refractivity contribution in [1.82, 2.24) is 5.32 Å². The van der Waals surface area contributed by atoms with Crippen molar-refractivity contribution in [2.75, 3.05) is 6.54 Å². The van der Waals surface area contributed by atoms with E-state index in [1.54, 1.807) is 0 Å². The number of hydrogen-bond donors (Lipinski definition) is 1. The molecule has 5 unspecified atom stereocenters. The Bertz CT molecular complexity index is 600. The van der Waals surface area contributed by atoms with Gasteiger partial charge < -0.3 is 10.1 Å². The van der Waals surface area contributed by atoms with E-state index in [0.717, 1.165) is 6.42 Å². The zero-order valence-corrected chi connectivity index (χ0v) is 11.4. The lowest BCUT2D eigenvalue weighted by atomic mass is 9.89. The first kappa shape index (κ1) is 12.8. The van der Waals surface area contributed by atoms with Crippen molar-refractivity contribution in [2.45, 2.75) is 25.0 Å². The van der Waals surface area contributed by atoms with Gasteiger partial charge in [-0.15, -0.1) is 0 Å². The highest BCUT2D eigenvalue weighted by Crippen LogP contribution is 2.58. The number of ether oxygens (including phenoxy) is 1. The summed E-state index contributed by atoms with van der Waals surface area (Å²) in [5.74, 6) is 1.65. The minimum atomic E-state index is -0.469. The fourth-order valence-corrected chi connectivity index (χ4v) is 4.03. The van der Waals surface area contributed by atoms with Gasteiger partial charge in [-0.25, -0.2) is 0 Å². The molecule has 6 heteroatoms. The Balaban J connectivity index is 1.34. The third-order valence-corrected chi connectivity index (χ3v) is 5.10. The summed E-state index contributed by atoms with van der Waals surface area (Å²) in [6, 6.07) is 5.70. The first-order valence-electron chi connectivity index (χ1n) is 7.31. The zero-order valence-electron chi connectivity index (χ0n) is 11.4.